The molecule has 0 aliphatic heterocycles. The molecule has 1 aromatic heterocycles. The molecule has 0 saturated heterocycles. The number of rotatable bonds is 8. The summed E-state index contributed by atoms with van der Waals surface area (Å²) in [5.41, 5.74) is 0.868. The normalized spacial score (nSPS) is 11.6. The summed E-state index contributed by atoms with van der Waals surface area (Å²) in [6.45, 7) is 3.77. The van der Waals surface area contributed by atoms with Crippen molar-refractivity contribution in [2.45, 2.75) is 29.9 Å². The van der Waals surface area contributed by atoms with Crippen molar-refractivity contribution < 1.29 is 19.2 Å². The highest BCUT2D eigenvalue weighted by molar-refractivity contribution is 8.02. The Morgan fingerprint density at radius 2 is 2.23 bits per heavy atom. The number of non-ortho nitro benzene ring substituents is 1. The van der Waals surface area contributed by atoms with Gasteiger partial charge in [0.15, 0.2) is 4.34 Å². The zero-order valence-corrected chi connectivity index (χ0v) is 15.8. The Morgan fingerprint density at radius 1 is 1.46 bits per heavy atom. The minimum atomic E-state index is -0.519. The number of thiazole rings is 1. The van der Waals surface area contributed by atoms with Crippen molar-refractivity contribution in [1.29, 1.82) is 0 Å². The molecule has 26 heavy (non-hydrogen) atoms. The number of hydrogen-bond donors (Lipinski definition) is 1. The fourth-order valence-corrected chi connectivity index (χ4v) is 3.91. The first kappa shape index (κ1) is 19.9. The molecule has 1 heterocycles. The van der Waals surface area contributed by atoms with Gasteiger partial charge in [0, 0.05) is 23.2 Å². The largest absolute Gasteiger partial charge is 0.466 e. The van der Waals surface area contributed by atoms with Crippen molar-refractivity contribution in [2.24, 2.45) is 0 Å². The monoisotopic (exact) mass is 395 g/mol. The van der Waals surface area contributed by atoms with Crippen LogP contribution in [0.5, 0.6) is 0 Å². The molecule has 0 aliphatic rings. The molecule has 2 rings (SSSR count). The maximum absolute atomic E-state index is 12.3. The number of nitrogens with zero attached hydrogens (tertiary/aromatic N) is 2. The quantitative estimate of drug-likeness (QED) is 0.316. The fourth-order valence-electron chi connectivity index (χ4n) is 1.93. The molecular weight excluding hydrogens is 378 g/mol. The van der Waals surface area contributed by atoms with Crippen LogP contribution in [0.1, 0.15) is 19.5 Å². The van der Waals surface area contributed by atoms with Crippen molar-refractivity contribution in [3.63, 3.8) is 0 Å². The summed E-state index contributed by atoms with van der Waals surface area (Å²) in [6, 6.07) is 5.75. The summed E-state index contributed by atoms with van der Waals surface area (Å²) in [5.74, 6) is -0.636. The Labute approximate surface area is 158 Å². The molecule has 0 radical (unpaired) electrons. The number of ether oxygens (including phenoxy) is 1. The number of carbonyl (C=O) groups excluding carboxylic acids is 2. The van der Waals surface area contributed by atoms with Crippen LogP contribution in [-0.2, 0) is 20.7 Å². The number of hydrogen-bond acceptors (Lipinski definition) is 8. The zero-order valence-electron chi connectivity index (χ0n) is 14.1. The van der Waals surface area contributed by atoms with Crippen LogP contribution in [0.2, 0.25) is 0 Å². The van der Waals surface area contributed by atoms with E-state index < -0.39 is 10.2 Å². The van der Waals surface area contributed by atoms with Gasteiger partial charge in [-0.15, -0.1) is 11.3 Å². The molecule has 1 amide bonds. The van der Waals surface area contributed by atoms with E-state index in [9.17, 15) is 19.7 Å². The summed E-state index contributed by atoms with van der Waals surface area (Å²) in [7, 11) is 0. The van der Waals surface area contributed by atoms with Gasteiger partial charge in [-0.25, -0.2) is 4.98 Å². The number of anilines is 1. The summed E-state index contributed by atoms with van der Waals surface area (Å²) in [4.78, 5) is 38.3. The van der Waals surface area contributed by atoms with E-state index in [1.54, 1.807) is 25.3 Å². The average Bonchev–Trinajstić information content (AvgIpc) is 3.02. The lowest BCUT2D eigenvalue weighted by Gasteiger charge is -2.10. The minimum absolute atomic E-state index is 0.0911. The molecule has 8 nitrogen and oxygen atoms in total. The second-order valence-corrected chi connectivity index (χ2v) is 7.59. The molecule has 0 unspecified atom stereocenters. The highest BCUT2D eigenvalue weighted by Gasteiger charge is 2.18. The molecular formula is C16H17N3O5S2. The smallest absolute Gasteiger partial charge is 0.311 e. The number of nitro benzene ring substituents is 1. The Kier molecular flexibility index (Phi) is 7.10. The van der Waals surface area contributed by atoms with Crippen molar-refractivity contribution in [1.82, 2.24) is 4.98 Å². The van der Waals surface area contributed by atoms with Crippen molar-refractivity contribution in [3.05, 3.63) is 45.5 Å². The SMILES string of the molecule is CCOC(=O)Cc1csc(S[C@H](C)C(=O)Nc2cccc([N+](=O)[O-])c2)n1. The van der Waals surface area contributed by atoms with Crippen LogP contribution in [0.3, 0.4) is 0 Å². The van der Waals surface area contributed by atoms with Gasteiger partial charge >= 0.3 is 5.97 Å². The molecule has 10 heteroatoms. The number of aromatic nitrogens is 1. The third-order valence-electron chi connectivity index (χ3n) is 3.13. The number of nitro groups is 1. The zero-order chi connectivity index (χ0) is 19.1. The highest BCUT2D eigenvalue weighted by atomic mass is 32.2. The molecule has 2 aromatic rings. The van der Waals surface area contributed by atoms with Gasteiger partial charge in [-0.05, 0) is 19.9 Å². The van der Waals surface area contributed by atoms with Gasteiger partial charge in [0.05, 0.1) is 28.9 Å². The molecule has 0 aliphatic carbocycles. The second-order valence-electron chi connectivity index (χ2n) is 5.14. The Bertz CT molecular complexity index is 809. The number of thioether (sulfide) groups is 1. The summed E-state index contributed by atoms with van der Waals surface area (Å²) in [5, 5.41) is 14.7. The molecule has 0 saturated carbocycles. The predicted molar refractivity (Wildman–Crippen MR) is 99.5 cm³/mol. The summed E-state index contributed by atoms with van der Waals surface area (Å²) >= 11 is 2.59. The van der Waals surface area contributed by atoms with Gasteiger partial charge in [-0.2, -0.15) is 0 Å². The van der Waals surface area contributed by atoms with E-state index in [1.807, 2.05) is 0 Å². The number of benzene rings is 1. The van der Waals surface area contributed by atoms with Crippen LogP contribution in [0.4, 0.5) is 11.4 Å². The minimum Gasteiger partial charge on any atom is -0.466 e. The standard InChI is InChI=1S/C16H17N3O5S2/c1-3-24-14(20)8-12-9-25-16(18-12)26-10(2)15(21)17-11-5-4-6-13(7-11)19(22)23/h4-7,9-10H,3,8H2,1-2H3,(H,17,21)/t10-/m1/s1. The van der Waals surface area contributed by atoms with Gasteiger partial charge < -0.3 is 10.1 Å². The second kappa shape index (κ2) is 9.30. The predicted octanol–water partition coefficient (Wildman–Crippen LogP) is 3.28. The fraction of sp³-hybridized carbons (Fsp3) is 0.312. The van der Waals surface area contributed by atoms with Crippen LogP contribution in [0.25, 0.3) is 0 Å². The van der Waals surface area contributed by atoms with Crippen LogP contribution in [-0.4, -0.2) is 33.6 Å². The van der Waals surface area contributed by atoms with Crippen LogP contribution >= 0.6 is 23.1 Å². The lowest BCUT2D eigenvalue weighted by Crippen LogP contribution is -2.22. The van der Waals surface area contributed by atoms with Crippen molar-refractivity contribution >= 4 is 46.3 Å². The summed E-state index contributed by atoms with van der Waals surface area (Å²) < 4.78 is 5.53. The van der Waals surface area contributed by atoms with E-state index in [2.05, 4.69) is 10.3 Å². The van der Waals surface area contributed by atoms with Crippen molar-refractivity contribution in [2.75, 3.05) is 11.9 Å². The Balaban J connectivity index is 1.93. The molecule has 1 atom stereocenters. The molecule has 0 spiro atoms. The first-order valence-corrected chi connectivity index (χ1v) is 9.47. The molecule has 1 aromatic carbocycles. The van der Waals surface area contributed by atoms with E-state index in [0.29, 0.717) is 22.3 Å². The van der Waals surface area contributed by atoms with E-state index >= 15 is 0 Å². The molecule has 0 fully saturated rings. The van der Waals surface area contributed by atoms with Crippen LogP contribution in [0, 0.1) is 10.1 Å². The third kappa shape index (κ3) is 5.81. The van der Waals surface area contributed by atoms with Crippen LogP contribution in [0.15, 0.2) is 34.0 Å². The maximum Gasteiger partial charge on any atom is 0.311 e. The number of carbonyl (C=O) groups is 2. The maximum atomic E-state index is 12.3. The number of esters is 1. The van der Waals surface area contributed by atoms with Crippen LogP contribution < -0.4 is 5.32 Å². The first-order chi connectivity index (χ1) is 12.4. The van der Waals surface area contributed by atoms with E-state index in [4.69, 9.17) is 4.74 Å². The third-order valence-corrected chi connectivity index (χ3v) is 5.25. The lowest BCUT2D eigenvalue weighted by atomic mass is 10.2. The summed E-state index contributed by atoms with van der Waals surface area (Å²) in [6.07, 6.45) is 0.0964. The van der Waals surface area contributed by atoms with Gasteiger partial charge in [0.2, 0.25) is 5.91 Å². The lowest BCUT2D eigenvalue weighted by molar-refractivity contribution is -0.384. The first-order valence-electron chi connectivity index (χ1n) is 7.71. The number of nitrogens with one attached hydrogen (secondary N) is 1. The van der Waals surface area contributed by atoms with Gasteiger partial charge in [-0.3, -0.25) is 19.7 Å². The van der Waals surface area contributed by atoms with E-state index in [0.717, 1.165) is 0 Å². The van der Waals surface area contributed by atoms with Gasteiger partial charge in [-0.1, -0.05) is 17.8 Å². The molecule has 1 N–H and O–H groups in total. The van der Waals surface area contributed by atoms with Gasteiger partial charge in [0.25, 0.3) is 5.69 Å². The Hall–Kier alpha value is -2.46. The molecule has 0 bridgehead atoms. The number of amides is 1. The Morgan fingerprint density at radius 3 is 2.92 bits per heavy atom. The average molecular weight is 395 g/mol. The van der Waals surface area contributed by atoms with Crippen molar-refractivity contribution in [3.8, 4) is 0 Å². The van der Waals surface area contributed by atoms with Gasteiger partial charge in [0.1, 0.15) is 0 Å². The van der Waals surface area contributed by atoms with E-state index in [1.165, 1.54) is 41.3 Å². The molecule has 138 valence electrons. The topological polar surface area (TPSA) is 111 Å². The van der Waals surface area contributed by atoms with E-state index in [-0.39, 0.29) is 24.0 Å². The highest BCUT2D eigenvalue weighted by Crippen LogP contribution is 2.28.